The van der Waals surface area contributed by atoms with E-state index in [-0.39, 0.29) is 10.6 Å². The average Bonchev–Trinajstić information content (AvgIpc) is 2.54. The van der Waals surface area contributed by atoms with Gasteiger partial charge in [-0.2, -0.15) is 5.26 Å². The number of hydrogen-bond acceptors (Lipinski definition) is 5. The normalized spacial score (nSPS) is 19.7. The van der Waals surface area contributed by atoms with Crippen molar-refractivity contribution in [1.82, 2.24) is 4.90 Å². The number of hydrogen-bond donors (Lipinski definition) is 0. The zero-order valence-electron chi connectivity index (χ0n) is 12.9. The van der Waals surface area contributed by atoms with Gasteiger partial charge in [-0.05, 0) is 49.6 Å². The van der Waals surface area contributed by atoms with E-state index >= 15 is 0 Å². The largest absolute Gasteiger partial charge is 0.384 e. The fraction of sp³-hybridized carbons (Fsp3) is 0.562. The standard InChI is InChI=1S/C16H22N2O3S/c1-21-13-15-3-2-8-18(12-15)9-10-22(19,20)16-6-4-14(11-17)5-7-16/h4-7,15H,2-3,8-10,12-13H2,1H3/t15-/m1/s1. The summed E-state index contributed by atoms with van der Waals surface area (Å²) in [7, 11) is -1.59. The number of sulfone groups is 1. The minimum absolute atomic E-state index is 0.110. The van der Waals surface area contributed by atoms with Crippen molar-refractivity contribution in [1.29, 1.82) is 5.26 Å². The Balaban J connectivity index is 1.93. The molecule has 0 bridgehead atoms. The number of nitrogens with zero attached hydrogens (tertiary/aromatic N) is 2. The minimum atomic E-state index is -3.30. The maximum Gasteiger partial charge on any atom is 0.179 e. The number of rotatable bonds is 6. The van der Waals surface area contributed by atoms with Crippen LogP contribution in [0.3, 0.4) is 0 Å². The van der Waals surface area contributed by atoms with Crippen LogP contribution in [0.25, 0.3) is 0 Å². The Kier molecular flexibility index (Phi) is 5.95. The first-order valence-corrected chi connectivity index (χ1v) is 9.14. The molecule has 1 aliphatic rings. The van der Waals surface area contributed by atoms with Crippen molar-refractivity contribution >= 4 is 9.84 Å². The number of nitriles is 1. The molecular weight excluding hydrogens is 300 g/mol. The van der Waals surface area contributed by atoms with Gasteiger partial charge in [0.05, 0.1) is 28.9 Å². The molecule has 1 aromatic carbocycles. The summed E-state index contributed by atoms with van der Waals surface area (Å²) in [6.07, 6.45) is 2.23. The van der Waals surface area contributed by atoms with E-state index in [9.17, 15) is 8.42 Å². The van der Waals surface area contributed by atoms with E-state index in [1.54, 1.807) is 19.2 Å². The van der Waals surface area contributed by atoms with Crippen molar-refractivity contribution in [3.05, 3.63) is 29.8 Å². The summed E-state index contributed by atoms with van der Waals surface area (Å²) < 4.78 is 29.9. The molecule has 0 saturated carbocycles. The predicted octanol–water partition coefficient (Wildman–Crippen LogP) is 1.69. The Morgan fingerprint density at radius 3 is 2.73 bits per heavy atom. The Bertz CT molecular complexity index is 618. The predicted molar refractivity (Wildman–Crippen MR) is 84.2 cm³/mol. The molecule has 22 heavy (non-hydrogen) atoms. The second-order valence-corrected chi connectivity index (χ2v) is 7.83. The minimum Gasteiger partial charge on any atom is -0.384 e. The van der Waals surface area contributed by atoms with Crippen molar-refractivity contribution in [2.24, 2.45) is 5.92 Å². The second kappa shape index (κ2) is 7.73. The van der Waals surface area contributed by atoms with Crippen LogP contribution in [0.4, 0.5) is 0 Å². The van der Waals surface area contributed by atoms with Crippen molar-refractivity contribution in [2.75, 3.05) is 39.1 Å². The lowest BCUT2D eigenvalue weighted by molar-refractivity contribution is 0.0935. The molecule has 0 amide bonds. The molecule has 1 heterocycles. The van der Waals surface area contributed by atoms with E-state index in [4.69, 9.17) is 10.00 Å². The van der Waals surface area contributed by atoms with Gasteiger partial charge >= 0.3 is 0 Å². The third-order valence-electron chi connectivity index (χ3n) is 4.02. The highest BCUT2D eigenvalue weighted by molar-refractivity contribution is 7.91. The van der Waals surface area contributed by atoms with Crippen LogP contribution < -0.4 is 0 Å². The summed E-state index contributed by atoms with van der Waals surface area (Å²) in [5, 5.41) is 8.76. The van der Waals surface area contributed by atoms with Gasteiger partial charge < -0.3 is 9.64 Å². The molecule has 0 radical (unpaired) electrons. The molecule has 0 aliphatic carbocycles. The van der Waals surface area contributed by atoms with Crippen molar-refractivity contribution in [3.8, 4) is 6.07 Å². The molecule has 2 rings (SSSR count). The van der Waals surface area contributed by atoms with Gasteiger partial charge in [0.1, 0.15) is 0 Å². The SMILES string of the molecule is COC[C@@H]1CCCN(CCS(=O)(=O)c2ccc(C#N)cc2)C1. The average molecular weight is 322 g/mol. The first-order valence-electron chi connectivity index (χ1n) is 7.49. The van der Waals surface area contributed by atoms with Crippen LogP contribution in [0.2, 0.25) is 0 Å². The van der Waals surface area contributed by atoms with Crippen LogP contribution in [-0.4, -0.2) is 52.4 Å². The first kappa shape index (κ1) is 16.9. The highest BCUT2D eigenvalue weighted by atomic mass is 32.2. The molecule has 1 aromatic rings. The van der Waals surface area contributed by atoms with Crippen molar-refractivity contribution < 1.29 is 13.2 Å². The van der Waals surface area contributed by atoms with E-state index in [0.717, 1.165) is 32.5 Å². The summed E-state index contributed by atoms with van der Waals surface area (Å²) in [5.41, 5.74) is 0.470. The maximum absolute atomic E-state index is 12.3. The zero-order chi connectivity index (χ0) is 16.0. The molecular formula is C16H22N2O3S. The number of benzene rings is 1. The second-order valence-electron chi connectivity index (χ2n) is 5.72. The molecule has 0 aromatic heterocycles. The van der Waals surface area contributed by atoms with Crippen molar-refractivity contribution in [2.45, 2.75) is 17.7 Å². The lowest BCUT2D eigenvalue weighted by Gasteiger charge is -2.32. The monoisotopic (exact) mass is 322 g/mol. The number of likely N-dealkylation sites (tertiary alicyclic amines) is 1. The Morgan fingerprint density at radius 2 is 2.09 bits per heavy atom. The molecule has 1 atom stereocenters. The number of methoxy groups -OCH3 is 1. The molecule has 0 unspecified atom stereocenters. The summed E-state index contributed by atoms with van der Waals surface area (Å²) in [6.45, 7) is 3.13. The number of ether oxygens (including phenoxy) is 1. The lowest BCUT2D eigenvalue weighted by Crippen LogP contribution is -2.39. The van der Waals surface area contributed by atoms with Gasteiger partial charge in [-0.1, -0.05) is 0 Å². The van der Waals surface area contributed by atoms with Crippen LogP contribution in [-0.2, 0) is 14.6 Å². The highest BCUT2D eigenvalue weighted by Gasteiger charge is 2.22. The molecule has 120 valence electrons. The van der Waals surface area contributed by atoms with Crippen molar-refractivity contribution in [3.63, 3.8) is 0 Å². The van der Waals surface area contributed by atoms with Crippen LogP contribution in [0.5, 0.6) is 0 Å². The quantitative estimate of drug-likeness (QED) is 0.797. The third-order valence-corrected chi connectivity index (χ3v) is 5.73. The smallest absolute Gasteiger partial charge is 0.179 e. The zero-order valence-corrected chi connectivity index (χ0v) is 13.7. The molecule has 1 saturated heterocycles. The highest BCUT2D eigenvalue weighted by Crippen LogP contribution is 2.18. The fourth-order valence-corrected chi connectivity index (χ4v) is 4.12. The Hall–Kier alpha value is -1.42. The molecule has 5 nitrogen and oxygen atoms in total. The Labute approximate surface area is 132 Å². The van der Waals surface area contributed by atoms with Crippen LogP contribution >= 0.6 is 0 Å². The van der Waals surface area contributed by atoms with E-state index in [1.807, 2.05) is 6.07 Å². The van der Waals surface area contributed by atoms with Gasteiger partial charge in [-0.15, -0.1) is 0 Å². The lowest BCUT2D eigenvalue weighted by atomic mass is 9.99. The molecule has 1 aliphatic heterocycles. The Morgan fingerprint density at radius 1 is 1.36 bits per heavy atom. The fourth-order valence-electron chi connectivity index (χ4n) is 2.83. The van der Waals surface area contributed by atoms with Gasteiger partial charge in [-0.3, -0.25) is 0 Å². The van der Waals surface area contributed by atoms with E-state index in [1.165, 1.54) is 12.1 Å². The molecule has 1 fully saturated rings. The van der Waals surface area contributed by atoms with Gasteiger partial charge in [0, 0.05) is 20.2 Å². The first-order chi connectivity index (χ1) is 10.5. The van der Waals surface area contributed by atoms with Gasteiger partial charge in [0.25, 0.3) is 0 Å². The van der Waals surface area contributed by atoms with Crippen LogP contribution in [0, 0.1) is 17.2 Å². The van der Waals surface area contributed by atoms with E-state index in [2.05, 4.69) is 4.90 Å². The van der Waals surface area contributed by atoms with E-state index < -0.39 is 9.84 Å². The van der Waals surface area contributed by atoms with Crippen LogP contribution in [0.15, 0.2) is 29.2 Å². The summed E-state index contributed by atoms with van der Waals surface area (Å²) in [5.74, 6) is 0.606. The van der Waals surface area contributed by atoms with Gasteiger partial charge in [0.2, 0.25) is 0 Å². The third kappa shape index (κ3) is 4.54. The molecule has 6 heteroatoms. The summed E-state index contributed by atoms with van der Waals surface area (Å²) >= 11 is 0. The van der Waals surface area contributed by atoms with Crippen LogP contribution in [0.1, 0.15) is 18.4 Å². The topological polar surface area (TPSA) is 70.4 Å². The van der Waals surface area contributed by atoms with Gasteiger partial charge in [0.15, 0.2) is 9.84 Å². The van der Waals surface area contributed by atoms with Gasteiger partial charge in [-0.25, -0.2) is 8.42 Å². The molecule has 0 N–H and O–H groups in total. The van der Waals surface area contributed by atoms with E-state index in [0.29, 0.717) is 18.0 Å². The molecule has 0 spiro atoms. The number of piperidine rings is 1. The maximum atomic E-state index is 12.3. The summed E-state index contributed by atoms with van der Waals surface area (Å²) in [4.78, 5) is 2.49. The summed E-state index contributed by atoms with van der Waals surface area (Å²) in [6, 6.07) is 8.10.